The smallest absolute Gasteiger partial charge is 0.00682 e. The van der Waals surface area contributed by atoms with Gasteiger partial charge in [0.15, 0.2) is 0 Å². The van der Waals surface area contributed by atoms with Gasteiger partial charge in [0.2, 0.25) is 0 Å². The van der Waals surface area contributed by atoms with Crippen LogP contribution in [0.3, 0.4) is 0 Å². The highest BCUT2D eigenvalue weighted by molar-refractivity contribution is 5.85. The standard InChI is InChI=1S/C4H9N.ClH/c1-3-2-4(3)5;/h3-4H,2,5H2,1H3;1H/t3?,4-;/m1./s1. The summed E-state index contributed by atoms with van der Waals surface area (Å²) >= 11 is 0. The van der Waals surface area contributed by atoms with E-state index in [1.807, 2.05) is 0 Å². The number of halogens is 1. The van der Waals surface area contributed by atoms with Crippen molar-refractivity contribution in [3.8, 4) is 0 Å². The summed E-state index contributed by atoms with van der Waals surface area (Å²) in [6, 6.07) is 0.551. The van der Waals surface area contributed by atoms with Crippen LogP contribution in [0.4, 0.5) is 0 Å². The molecule has 1 aliphatic rings. The lowest BCUT2D eigenvalue weighted by Gasteiger charge is -1.69. The zero-order chi connectivity index (χ0) is 3.86. The van der Waals surface area contributed by atoms with Gasteiger partial charge in [0, 0.05) is 6.04 Å². The van der Waals surface area contributed by atoms with Crippen LogP contribution in [-0.2, 0) is 0 Å². The highest BCUT2D eigenvalue weighted by Gasteiger charge is 2.27. The maximum absolute atomic E-state index is 5.37. The van der Waals surface area contributed by atoms with Gasteiger partial charge in [-0.15, -0.1) is 12.4 Å². The van der Waals surface area contributed by atoms with Crippen molar-refractivity contribution in [2.75, 3.05) is 0 Å². The monoisotopic (exact) mass is 107 g/mol. The predicted molar refractivity (Wildman–Crippen MR) is 29.0 cm³/mol. The zero-order valence-electron chi connectivity index (χ0n) is 3.85. The van der Waals surface area contributed by atoms with Crippen molar-refractivity contribution in [1.29, 1.82) is 0 Å². The van der Waals surface area contributed by atoms with Gasteiger partial charge >= 0.3 is 0 Å². The molecule has 1 saturated carbocycles. The molecule has 0 aromatic heterocycles. The molecule has 2 heteroatoms. The summed E-state index contributed by atoms with van der Waals surface area (Å²) in [4.78, 5) is 0. The zero-order valence-corrected chi connectivity index (χ0v) is 4.66. The number of rotatable bonds is 0. The molecule has 0 spiro atoms. The first-order valence-electron chi connectivity index (χ1n) is 2.06. The van der Waals surface area contributed by atoms with E-state index >= 15 is 0 Å². The van der Waals surface area contributed by atoms with E-state index in [4.69, 9.17) is 5.73 Å². The summed E-state index contributed by atoms with van der Waals surface area (Å²) < 4.78 is 0. The third-order valence-electron chi connectivity index (χ3n) is 1.17. The van der Waals surface area contributed by atoms with Gasteiger partial charge < -0.3 is 5.73 Å². The van der Waals surface area contributed by atoms with E-state index in [1.165, 1.54) is 6.42 Å². The fourth-order valence-electron chi connectivity index (χ4n) is 0.351. The predicted octanol–water partition coefficient (Wildman–Crippen LogP) is 0.775. The second-order valence-corrected chi connectivity index (χ2v) is 1.88. The molecule has 6 heavy (non-hydrogen) atoms. The summed E-state index contributed by atoms with van der Waals surface area (Å²) in [5.41, 5.74) is 5.37. The first-order valence-corrected chi connectivity index (χ1v) is 2.06. The van der Waals surface area contributed by atoms with E-state index in [0.717, 1.165) is 5.92 Å². The lowest BCUT2D eigenvalue weighted by atomic mass is 10.5. The molecule has 38 valence electrons. The van der Waals surface area contributed by atoms with Crippen molar-refractivity contribution < 1.29 is 0 Å². The van der Waals surface area contributed by atoms with Crippen LogP contribution in [0, 0.1) is 5.92 Å². The number of hydrogen-bond donors (Lipinski definition) is 1. The Hall–Kier alpha value is 0.250. The van der Waals surface area contributed by atoms with Gasteiger partial charge in [-0.25, -0.2) is 0 Å². The van der Waals surface area contributed by atoms with Crippen LogP contribution in [0.25, 0.3) is 0 Å². The van der Waals surface area contributed by atoms with Crippen molar-refractivity contribution in [1.82, 2.24) is 0 Å². The Morgan fingerprint density at radius 1 is 1.67 bits per heavy atom. The molecule has 2 N–H and O–H groups in total. The molecular formula is C4H10ClN. The first-order chi connectivity index (χ1) is 2.30. The molecule has 0 amide bonds. The van der Waals surface area contributed by atoms with Crippen molar-refractivity contribution in [3.05, 3.63) is 0 Å². The first kappa shape index (κ1) is 6.25. The van der Waals surface area contributed by atoms with Crippen molar-refractivity contribution >= 4 is 12.4 Å². The fraction of sp³-hybridized carbons (Fsp3) is 1.00. The van der Waals surface area contributed by atoms with E-state index < -0.39 is 0 Å². The van der Waals surface area contributed by atoms with Crippen molar-refractivity contribution in [2.45, 2.75) is 19.4 Å². The molecule has 1 unspecified atom stereocenters. The Morgan fingerprint density at radius 2 is 1.83 bits per heavy atom. The molecule has 1 nitrogen and oxygen atoms in total. The molecular weight excluding hydrogens is 97.5 g/mol. The topological polar surface area (TPSA) is 26.0 Å². The molecule has 0 aliphatic heterocycles. The minimum atomic E-state index is 0. The van der Waals surface area contributed by atoms with Crippen molar-refractivity contribution in [3.63, 3.8) is 0 Å². The molecule has 0 saturated heterocycles. The largest absolute Gasteiger partial charge is 0.327 e. The maximum atomic E-state index is 5.37. The quantitative estimate of drug-likeness (QED) is 0.486. The minimum absolute atomic E-state index is 0. The summed E-state index contributed by atoms with van der Waals surface area (Å²) in [6.45, 7) is 2.17. The van der Waals surface area contributed by atoms with Crippen molar-refractivity contribution in [2.24, 2.45) is 11.7 Å². The summed E-state index contributed by atoms with van der Waals surface area (Å²) in [7, 11) is 0. The molecule has 1 rings (SSSR count). The van der Waals surface area contributed by atoms with Crippen LogP contribution in [0.1, 0.15) is 13.3 Å². The molecule has 0 aromatic rings. The molecule has 1 aliphatic carbocycles. The Balaban J connectivity index is 0.000000250. The summed E-state index contributed by atoms with van der Waals surface area (Å²) in [5.74, 6) is 0.829. The van der Waals surface area contributed by atoms with Crippen LogP contribution in [0.2, 0.25) is 0 Å². The fourth-order valence-corrected chi connectivity index (χ4v) is 0.351. The van der Waals surface area contributed by atoms with Crippen LogP contribution in [0.5, 0.6) is 0 Å². The van der Waals surface area contributed by atoms with Gasteiger partial charge in [-0.2, -0.15) is 0 Å². The SMILES string of the molecule is CC1C[C@H]1N.Cl. The Morgan fingerprint density at radius 3 is 1.83 bits per heavy atom. The highest BCUT2D eigenvalue weighted by Crippen LogP contribution is 2.25. The lowest BCUT2D eigenvalue weighted by Crippen LogP contribution is -1.98. The summed E-state index contributed by atoms with van der Waals surface area (Å²) in [5, 5.41) is 0. The lowest BCUT2D eigenvalue weighted by molar-refractivity contribution is 0.895. The van der Waals surface area contributed by atoms with Gasteiger partial charge in [-0.1, -0.05) is 6.92 Å². The molecule has 2 atom stereocenters. The van der Waals surface area contributed by atoms with Crippen LogP contribution >= 0.6 is 12.4 Å². The van der Waals surface area contributed by atoms with Gasteiger partial charge in [-0.05, 0) is 12.3 Å². The normalized spacial score (nSPS) is 41.0. The third kappa shape index (κ3) is 1.15. The average Bonchev–Trinajstić information content (AvgIpc) is 1.79. The third-order valence-corrected chi connectivity index (χ3v) is 1.17. The van der Waals surface area contributed by atoms with Gasteiger partial charge in [0.1, 0.15) is 0 Å². The molecule has 0 aromatic carbocycles. The van der Waals surface area contributed by atoms with Crippen LogP contribution in [-0.4, -0.2) is 6.04 Å². The Bertz CT molecular complexity index is 40.8. The van der Waals surface area contributed by atoms with Gasteiger partial charge in [0.25, 0.3) is 0 Å². The van der Waals surface area contributed by atoms with E-state index in [-0.39, 0.29) is 12.4 Å². The van der Waals surface area contributed by atoms with Crippen LogP contribution in [0.15, 0.2) is 0 Å². The second-order valence-electron chi connectivity index (χ2n) is 1.88. The van der Waals surface area contributed by atoms with E-state index in [0.29, 0.717) is 6.04 Å². The molecule has 1 fully saturated rings. The average molecular weight is 108 g/mol. The van der Waals surface area contributed by atoms with E-state index in [9.17, 15) is 0 Å². The second kappa shape index (κ2) is 1.80. The number of nitrogens with two attached hydrogens (primary N) is 1. The number of hydrogen-bond acceptors (Lipinski definition) is 1. The molecule has 0 bridgehead atoms. The van der Waals surface area contributed by atoms with Gasteiger partial charge in [0.05, 0.1) is 0 Å². The minimum Gasteiger partial charge on any atom is -0.327 e. The van der Waals surface area contributed by atoms with Crippen LogP contribution < -0.4 is 5.73 Å². The molecule has 0 radical (unpaired) electrons. The summed E-state index contributed by atoms with van der Waals surface area (Å²) in [6.07, 6.45) is 1.25. The maximum Gasteiger partial charge on any atom is 0.00682 e. The van der Waals surface area contributed by atoms with E-state index in [1.54, 1.807) is 0 Å². The molecule has 0 heterocycles. The Labute approximate surface area is 44.3 Å². The van der Waals surface area contributed by atoms with E-state index in [2.05, 4.69) is 6.92 Å². The van der Waals surface area contributed by atoms with Gasteiger partial charge in [-0.3, -0.25) is 0 Å². The highest BCUT2D eigenvalue weighted by atomic mass is 35.5. The Kier molecular flexibility index (Phi) is 1.88.